The molecule has 8 aromatic rings. The van der Waals surface area contributed by atoms with E-state index in [1.54, 1.807) is 0 Å². The highest BCUT2D eigenvalue weighted by Crippen LogP contribution is 2.60. The van der Waals surface area contributed by atoms with E-state index in [-0.39, 0.29) is 12.0 Å². The fourth-order valence-corrected chi connectivity index (χ4v) is 10.0. The molecule has 268 valence electrons. The Bertz CT molecular complexity index is 3130. The zero-order chi connectivity index (χ0) is 37.5. The highest BCUT2D eigenvalue weighted by atomic mass is 15.2. The van der Waals surface area contributed by atoms with E-state index in [0.29, 0.717) is 0 Å². The van der Waals surface area contributed by atoms with Crippen molar-refractivity contribution in [1.82, 2.24) is 0 Å². The first-order valence-corrected chi connectivity index (χ1v) is 20.1. The van der Waals surface area contributed by atoms with Crippen molar-refractivity contribution in [2.45, 2.75) is 24.8 Å². The Hall–Kier alpha value is -7.10. The number of fused-ring (bicyclic) bond motifs is 12. The fraction of sp³-hybridized carbons (Fsp3) is 0.0741. The van der Waals surface area contributed by atoms with Gasteiger partial charge in [-0.1, -0.05) is 170 Å². The van der Waals surface area contributed by atoms with E-state index in [4.69, 9.17) is 9.98 Å². The third kappa shape index (κ3) is 4.92. The van der Waals surface area contributed by atoms with Crippen molar-refractivity contribution in [2.24, 2.45) is 9.98 Å². The molecule has 2 atom stereocenters. The van der Waals surface area contributed by atoms with Gasteiger partial charge in [0.15, 0.2) is 5.84 Å². The average molecular weight is 728 g/mol. The van der Waals surface area contributed by atoms with Crippen LogP contribution in [0.2, 0.25) is 0 Å². The molecule has 0 aromatic heterocycles. The molecule has 8 aromatic carbocycles. The van der Waals surface area contributed by atoms with E-state index in [1.165, 1.54) is 71.5 Å². The average Bonchev–Trinajstić information content (AvgIpc) is 3.80. The molecular formula is C54H37N3. The van der Waals surface area contributed by atoms with E-state index >= 15 is 0 Å². The van der Waals surface area contributed by atoms with E-state index in [0.717, 1.165) is 46.8 Å². The second-order valence-electron chi connectivity index (χ2n) is 15.5. The molecule has 3 heterocycles. The van der Waals surface area contributed by atoms with Gasteiger partial charge in [0.05, 0.1) is 17.5 Å². The normalized spacial score (nSPS) is 18.9. The van der Waals surface area contributed by atoms with Crippen LogP contribution >= 0.6 is 0 Å². The number of anilines is 2. The Kier molecular flexibility index (Phi) is 7.18. The van der Waals surface area contributed by atoms with E-state index < -0.39 is 0 Å². The number of nitrogens with zero attached hydrogens (tertiary/aromatic N) is 3. The lowest BCUT2D eigenvalue weighted by atomic mass is 9.80. The predicted octanol–water partition coefficient (Wildman–Crippen LogP) is 13.5. The summed E-state index contributed by atoms with van der Waals surface area (Å²) in [5.74, 6) is 0.994. The van der Waals surface area contributed by atoms with Gasteiger partial charge in [0.25, 0.3) is 0 Å². The molecular weight excluding hydrogens is 691 g/mol. The topological polar surface area (TPSA) is 28.0 Å². The van der Waals surface area contributed by atoms with Crippen LogP contribution in [0.3, 0.4) is 0 Å². The fourth-order valence-electron chi connectivity index (χ4n) is 10.0. The Morgan fingerprint density at radius 3 is 2.04 bits per heavy atom. The maximum Gasteiger partial charge on any atom is 0.160 e. The van der Waals surface area contributed by atoms with Crippen LogP contribution in [-0.4, -0.2) is 17.6 Å². The van der Waals surface area contributed by atoms with Gasteiger partial charge >= 0.3 is 0 Å². The molecule has 0 amide bonds. The number of benzene rings is 8. The first kappa shape index (κ1) is 32.2. The molecule has 0 spiro atoms. The number of allylic oxidation sites excluding steroid dienone is 3. The Morgan fingerprint density at radius 2 is 1.18 bits per heavy atom. The number of rotatable bonds is 4. The molecule has 0 saturated carbocycles. The molecule has 2 unspecified atom stereocenters. The monoisotopic (exact) mass is 727 g/mol. The van der Waals surface area contributed by atoms with Crippen molar-refractivity contribution >= 4 is 66.5 Å². The maximum absolute atomic E-state index is 5.39. The van der Waals surface area contributed by atoms with Gasteiger partial charge in [0.1, 0.15) is 0 Å². The van der Waals surface area contributed by atoms with Gasteiger partial charge in [-0.2, -0.15) is 0 Å². The summed E-state index contributed by atoms with van der Waals surface area (Å²) in [5.41, 5.74) is 14.6. The van der Waals surface area contributed by atoms with Crippen molar-refractivity contribution in [2.75, 3.05) is 4.90 Å². The summed E-state index contributed by atoms with van der Waals surface area (Å²) in [4.78, 5) is 13.3. The third-order valence-corrected chi connectivity index (χ3v) is 12.5. The van der Waals surface area contributed by atoms with Gasteiger partial charge in [-0.3, -0.25) is 0 Å². The van der Waals surface area contributed by atoms with E-state index in [2.05, 4.69) is 187 Å². The minimum Gasteiger partial charge on any atom is -0.332 e. The highest BCUT2D eigenvalue weighted by molar-refractivity contribution is 6.29. The van der Waals surface area contributed by atoms with Crippen LogP contribution in [0.4, 0.5) is 11.4 Å². The van der Waals surface area contributed by atoms with Crippen LogP contribution in [-0.2, 0) is 0 Å². The van der Waals surface area contributed by atoms with Crippen LogP contribution in [0.1, 0.15) is 46.6 Å². The third-order valence-electron chi connectivity index (χ3n) is 12.5. The number of amidine groups is 1. The second-order valence-corrected chi connectivity index (χ2v) is 15.5. The first-order valence-electron chi connectivity index (χ1n) is 20.1. The molecule has 57 heavy (non-hydrogen) atoms. The van der Waals surface area contributed by atoms with Gasteiger partial charge in [0.2, 0.25) is 0 Å². The Labute approximate surface area is 332 Å². The summed E-state index contributed by atoms with van der Waals surface area (Å²) in [6.45, 7) is 0. The van der Waals surface area contributed by atoms with Gasteiger partial charge in [0, 0.05) is 34.0 Å². The lowest BCUT2D eigenvalue weighted by molar-refractivity contribution is 0.782. The molecule has 12 rings (SSSR count). The van der Waals surface area contributed by atoms with Gasteiger partial charge in [-0.25, -0.2) is 9.98 Å². The Morgan fingerprint density at radius 1 is 0.509 bits per heavy atom. The first-order chi connectivity index (χ1) is 28.3. The largest absolute Gasteiger partial charge is 0.332 e. The van der Waals surface area contributed by atoms with Crippen LogP contribution in [0.5, 0.6) is 0 Å². The molecule has 3 aliphatic heterocycles. The molecule has 0 radical (unpaired) electrons. The summed E-state index contributed by atoms with van der Waals surface area (Å²) in [6, 6.07) is 59.8. The minimum absolute atomic E-state index is 0.258. The summed E-state index contributed by atoms with van der Waals surface area (Å²) in [6.07, 6.45) is 11.0. The summed E-state index contributed by atoms with van der Waals surface area (Å²) in [5, 5.41) is 7.59. The molecule has 3 nitrogen and oxygen atoms in total. The summed E-state index contributed by atoms with van der Waals surface area (Å²) >= 11 is 0. The summed E-state index contributed by atoms with van der Waals surface area (Å²) < 4.78 is 0. The van der Waals surface area contributed by atoms with Crippen molar-refractivity contribution in [3.63, 3.8) is 0 Å². The standard InChI is InChI=1S/C54H37N3/c1-3-15-34(16-4-1)47-27-14-28-48(56-54(55-47)35-17-5-2-6-18-35)36-31-32-39-37-19-7-8-20-38(37)41-22-11-23-42(51(41)46(39)33-36)43-24-13-30-50-52(43)45-26-12-25-44-40-21-9-10-29-49(40)57(50)53(44)45/h1-13,15-26,28-33,45,53H,14,27H2/b48-28+,55-47?,56-54?. The number of para-hydroxylation sites is 1. The quantitative estimate of drug-likeness (QED) is 0.166. The highest BCUT2D eigenvalue weighted by Gasteiger charge is 2.47. The lowest BCUT2D eigenvalue weighted by Gasteiger charge is -2.24. The molecule has 1 aliphatic carbocycles. The maximum atomic E-state index is 5.39. The molecule has 0 N–H and O–H groups in total. The minimum atomic E-state index is 0.258. The van der Waals surface area contributed by atoms with Crippen molar-refractivity contribution in [1.29, 1.82) is 0 Å². The summed E-state index contributed by atoms with van der Waals surface area (Å²) in [7, 11) is 0. The van der Waals surface area contributed by atoms with Crippen molar-refractivity contribution < 1.29 is 0 Å². The molecule has 3 heteroatoms. The second kappa shape index (κ2) is 12.7. The zero-order valence-corrected chi connectivity index (χ0v) is 31.3. The van der Waals surface area contributed by atoms with E-state index in [9.17, 15) is 0 Å². The number of hydrogen-bond donors (Lipinski definition) is 0. The molecule has 4 aliphatic rings. The SMILES string of the molecule is C1=CC2c3c(-c4cccc5c6ccccc6c6ccc(/C7=C\CCC(c8ccccc8)=NC(c8ccccc8)=N7)cc6c45)cccc3N3c4ccccc4C(=C1)C23. The zero-order valence-electron chi connectivity index (χ0n) is 31.3. The smallest absolute Gasteiger partial charge is 0.160 e. The van der Waals surface area contributed by atoms with E-state index in [1.807, 2.05) is 6.07 Å². The molecule has 0 bridgehead atoms. The molecule has 0 saturated heterocycles. The molecule has 0 fully saturated rings. The van der Waals surface area contributed by atoms with Crippen molar-refractivity contribution in [3.8, 4) is 11.1 Å². The van der Waals surface area contributed by atoms with Gasteiger partial charge in [-0.05, 0) is 91.2 Å². The van der Waals surface area contributed by atoms with Crippen LogP contribution < -0.4 is 4.90 Å². The van der Waals surface area contributed by atoms with Crippen LogP contribution in [0.25, 0.3) is 54.7 Å². The number of hydrogen-bond acceptors (Lipinski definition) is 3. The van der Waals surface area contributed by atoms with Gasteiger partial charge in [-0.15, -0.1) is 0 Å². The predicted molar refractivity (Wildman–Crippen MR) is 240 cm³/mol. The van der Waals surface area contributed by atoms with Crippen LogP contribution in [0.15, 0.2) is 198 Å². The number of aliphatic imine (C=N–C) groups is 2. The van der Waals surface area contributed by atoms with Crippen molar-refractivity contribution in [3.05, 3.63) is 216 Å². The lowest BCUT2D eigenvalue weighted by Crippen LogP contribution is -2.26. The van der Waals surface area contributed by atoms with Gasteiger partial charge < -0.3 is 4.90 Å². The Balaban J connectivity index is 1.09. The van der Waals surface area contributed by atoms with Crippen LogP contribution in [0, 0.1) is 0 Å².